The van der Waals surface area contributed by atoms with E-state index in [-0.39, 0.29) is 29.9 Å². The lowest BCUT2D eigenvalue weighted by Gasteiger charge is -2.09. The summed E-state index contributed by atoms with van der Waals surface area (Å²) in [5, 5.41) is 14.7. The molecule has 5 N–H and O–H groups in total. The van der Waals surface area contributed by atoms with Gasteiger partial charge in [-0.1, -0.05) is 0 Å². The average Bonchev–Trinajstić information content (AvgIpc) is 2.48. The molecule has 1 fully saturated rings. The van der Waals surface area contributed by atoms with Gasteiger partial charge < -0.3 is 21.5 Å². The topological polar surface area (TPSA) is 87.4 Å². The molecule has 1 rings (SSSR count). The number of halogens is 2. The van der Waals surface area contributed by atoms with E-state index in [9.17, 15) is 4.79 Å². The van der Waals surface area contributed by atoms with Crippen molar-refractivity contribution < 1.29 is 9.90 Å². The molecule has 0 aromatic carbocycles. The highest BCUT2D eigenvalue weighted by molar-refractivity contribution is 7.80. The Morgan fingerprint density at radius 2 is 2.20 bits per heavy atom. The predicted molar refractivity (Wildman–Crippen MR) is 66.8 cm³/mol. The van der Waals surface area contributed by atoms with Crippen molar-refractivity contribution in [1.82, 2.24) is 10.6 Å². The number of aliphatic carboxylic acids is 1. The third kappa shape index (κ3) is 5.99. The highest BCUT2D eigenvalue weighted by Gasteiger charge is 2.28. The summed E-state index contributed by atoms with van der Waals surface area (Å²) in [5.74, 6) is -0.500. The maximum Gasteiger partial charge on any atom is 0.320 e. The van der Waals surface area contributed by atoms with Gasteiger partial charge in [-0.3, -0.25) is 4.79 Å². The predicted octanol–water partition coefficient (Wildman–Crippen LogP) is -0.274. The number of thiocarbonyl (C=S) groups is 1. The zero-order valence-corrected chi connectivity index (χ0v) is 10.4. The van der Waals surface area contributed by atoms with Crippen LogP contribution in [0.4, 0.5) is 0 Å². The Bertz CT molecular complexity index is 230. The fourth-order valence-electron chi connectivity index (χ4n) is 1.40. The smallest absolute Gasteiger partial charge is 0.320 e. The van der Waals surface area contributed by atoms with Crippen LogP contribution in [0.25, 0.3) is 0 Å². The van der Waals surface area contributed by atoms with Gasteiger partial charge in [0.2, 0.25) is 0 Å². The Hall–Kier alpha value is -0.300. The number of carbonyl (C=O) groups is 1. The van der Waals surface area contributed by atoms with Crippen LogP contribution in [0.3, 0.4) is 0 Å². The standard InChI is InChI=1S/C7H13N3O2S.2ClH/c8-7(13)10-3-4-1-5(6(11)12)9-2-4;;/h4-5,9H,1-3H2,(H,11,12)(H3,8,10,13);2*1H/t4-,5+;;/m1../s1. The molecule has 15 heavy (non-hydrogen) atoms. The lowest BCUT2D eigenvalue weighted by molar-refractivity contribution is -0.139. The van der Waals surface area contributed by atoms with E-state index < -0.39 is 12.0 Å². The fourth-order valence-corrected chi connectivity index (χ4v) is 1.48. The minimum atomic E-state index is -0.794. The Morgan fingerprint density at radius 3 is 2.60 bits per heavy atom. The van der Waals surface area contributed by atoms with E-state index in [1.54, 1.807) is 0 Å². The summed E-state index contributed by atoms with van der Waals surface area (Å²) in [6.07, 6.45) is 0.630. The van der Waals surface area contributed by atoms with Crippen LogP contribution < -0.4 is 16.4 Å². The first kappa shape index (κ1) is 17.1. The molecule has 1 aliphatic heterocycles. The summed E-state index contributed by atoms with van der Waals surface area (Å²) in [7, 11) is 0. The number of hydrogen-bond donors (Lipinski definition) is 4. The Balaban J connectivity index is 0. The van der Waals surface area contributed by atoms with E-state index in [1.807, 2.05) is 0 Å². The summed E-state index contributed by atoms with van der Waals surface area (Å²) in [4.78, 5) is 10.6. The molecule has 0 saturated carbocycles. The molecule has 90 valence electrons. The molecule has 0 aliphatic carbocycles. The number of carboxylic acid groups (broad SMARTS) is 1. The molecule has 0 spiro atoms. The summed E-state index contributed by atoms with van der Waals surface area (Å²) < 4.78 is 0. The van der Waals surface area contributed by atoms with Crippen LogP contribution in [-0.2, 0) is 4.79 Å². The molecular formula is C7H15Cl2N3O2S. The van der Waals surface area contributed by atoms with E-state index in [2.05, 4.69) is 22.9 Å². The molecule has 0 bridgehead atoms. The maximum atomic E-state index is 10.6. The van der Waals surface area contributed by atoms with Crippen molar-refractivity contribution in [3.63, 3.8) is 0 Å². The van der Waals surface area contributed by atoms with Crippen molar-refractivity contribution in [2.75, 3.05) is 13.1 Å². The van der Waals surface area contributed by atoms with Gasteiger partial charge in [-0.15, -0.1) is 24.8 Å². The van der Waals surface area contributed by atoms with Crippen molar-refractivity contribution in [3.05, 3.63) is 0 Å². The first-order valence-corrected chi connectivity index (χ1v) is 4.50. The number of hydrogen-bond acceptors (Lipinski definition) is 3. The van der Waals surface area contributed by atoms with Crippen LogP contribution in [-0.4, -0.2) is 35.3 Å². The second-order valence-corrected chi connectivity index (χ2v) is 3.59. The summed E-state index contributed by atoms with van der Waals surface area (Å²) in [6, 6.07) is -0.418. The van der Waals surface area contributed by atoms with Gasteiger partial charge in [-0.25, -0.2) is 0 Å². The van der Waals surface area contributed by atoms with E-state index in [0.29, 0.717) is 25.4 Å². The maximum absolute atomic E-state index is 10.6. The highest BCUT2D eigenvalue weighted by Crippen LogP contribution is 2.12. The van der Waals surface area contributed by atoms with Crippen LogP contribution in [0, 0.1) is 5.92 Å². The number of nitrogens with one attached hydrogen (secondary N) is 2. The molecule has 0 aromatic rings. The first-order chi connectivity index (χ1) is 6.09. The summed E-state index contributed by atoms with van der Waals surface area (Å²) in [5.41, 5.74) is 5.25. The van der Waals surface area contributed by atoms with Gasteiger partial charge in [-0.2, -0.15) is 0 Å². The van der Waals surface area contributed by atoms with Crippen LogP contribution in [0.1, 0.15) is 6.42 Å². The lowest BCUT2D eigenvalue weighted by Crippen LogP contribution is -2.34. The number of rotatable bonds is 3. The zero-order valence-electron chi connectivity index (χ0n) is 7.93. The van der Waals surface area contributed by atoms with Crippen LogP contribution in [0.2, 0.25) is 0 Å². The summed E-state index contributed by atoms with van der Waals surface area (Å²) >= 11 is 4.64. The van der Waals surface area contributed by atoms with Crippen molar-refractivity contribution in [2.45, 2.75) is 12.5 Å². The van der Waals surface area contributed by atoms with Gasteiger partial charge in [0.05, 0.1) is 0 Å². The van der Waals surface area contributed by atoms with Gasteiger partial charge in [0.1, 0.15) is 6.04 Å². The molecular weight excluding hydrogens is 261 g/mol. The van der Waals surface area contributed by atoms with Crippen molar-refractivity contribution in [1.29, 1.82) is 0 Å². The molecule has 5 nitrogen and oxygen atoms in total. The number of nitrogens with two attached hydrogens (primary N) is 1. The monoisotopic (exact) mass is 275 g/mol. The first-order valence-electron chi connectivity index (χ1n) is 4.09. The minimum absolute atomic E-state index is 0. The summed E-state index contributed by atoms with van der Waals surface area (Å²) in [6.45, 7) is 1.35. The van der Waals surface area contributed by atoms with Crippen LogP contribution >= 0.6 is 37.0 Å². The van der Waals surface area contributed by atoms with E-state index in [4.69, 9.17) is 10.8 Å². The molecule has 1 aliphatic rings. The van der Waals surface area contributed by atoms with Gasteiger partial charge in [0.15, 0.2) is 5.11 Å². The van der Waals surface area contributed by atoms with Crippen molar-refractivity contribution in [2.24, 2.45) is 11.7 Å². The fraction of sp³-hybridized carbons (Fsp3) is 0.714. The lowest BCUT2D eigenvalue weighted by atomic mass is 10.1. The third-order valence-corrected chi connectivity index (χ3v) is 2.23. The molecule has 0 amide bonds. The quantitative estimate of drug-likeness (QED) is 0.531. The molecule has 8 heteroatoms. The molecule has 0 aromatic heterocycles. The van der Waals surface area contributed by atoms with Gasteiger partial charge in [0.25, 0.3) is 0 Å². The second-order valence-electron chi connectivity index (χ2n) is 3.15. The van der Waals surface area contributed by atoms with Crippen LogP contribution in [0.15, 0.2) is 0 Å². The zero-order chi connectivity index (χ0) is 9.84. The van der Waals surface area contributed by atoms with Crippen LogP contribution in [0.5, 0.6) is 0 Å². The molecule has 1 saturated heterocycles. The van der Waals surface area contributed by atoms with E-state index >= 15 is 0 Å². The molecule has 1 heterocycles. The van der Waals surface area contributed by atoms with Gasteiger partial charge in [-0.05, 0) is 24.6 Å². The second kappa shape index (κ2) is 7.92. The van der Waals surface area contributed by atoms with Gasteiger partial charge in [0, 0.05) is 13.1 Å². The average molecular weight is 276 g/mol. The molecule has 0 radical (unpaired) electrons. The Kier molecular flexibility index (Phi) is 9.04. The molecule has 0 unspecified atom stereocenters. The van der Waals surface area contributed by atoms with Gasteiger partial charge >= 0.3 is 5.97 Å². The third-order valence-electron chi connectivity index (χ3n) is 2.09. The van der Waals surface area contributed by atoms with Crippen molar-refractivity contribution >= 4 is 48.1 Å². The minimum Gasteiger partial charge on any atom is -0.480 e. The Morgan fingerprint density at radius 1 is 1.60 bits per heavy atom. The molecule has 2 atom stereocenters. The van der Waals surface area contributed by atoms with E-state index in [0.717, 1.165) is 0 Å². The SMILES string of the molecule is Cl.Cl.NC(=S)NC[C@H]1CN[C@H](C(=O)O)C1. The normalized spacial score (nSPS) is 23.5. The van der Waals surface area contributed by atoms with E-state index in [1.165, 1.54) is 0 Å². The number of carboxylic acids is 1. The highest BCUT2D eigenvalue weighted by atomic mass is 35.5. The largest absolute Gasteiger partial charge is 0.480 e. The Labute approximate surface area is 106 Å². The van der Waals surface area contributed by atoms with Crippen molar-refractivity contribution in [3.8, 4) is 0 Å².